The van der Waals surface area contributed by atoms with Gasteiger partial charge in [0, 0.05) is 29.2 Å². The molecular formula is C16H22N2O. The number of nitrogens with zero attached hydrogens (tertiary/aromatic N) is 2. The Morgan fingerprint density at radius 2 is 2.00 bits per heavy atom. The summed E-state index contributed by atoms with van der Waals surface area (Å²) >= 11 is 0. The maximum absolute atomic E-state index is 5.28. The summed E-state index contributed by atoms with van der Waals surface area (Å²) in [6.07, 6.45) is 3.53. The molecule has 1 aliphatic rings. The first-order valence-corrected chi connectivity index (χ1v) is 6.98. The van der Waals surface area contributed by atoms with Crippen LogP contribution in [0.3, 0.4) is 0 Å². The summed E-state index contributed by atoms with van der Waals surface area (Å²) in [5.74, 6) is 0.923. The van der Waals surface area contributed by atoms with Crippen LogP contribution in [0.1, 0.15) is 20.3 Å². The Morgan fingerprint density at radius 1 is 1.21 bits per heavy atom. The summed E-state index contributed by atoms with van der Waals surface area (Å²) in [6.45, 7) is 8.17. The average molecular weight is 258 g/mol. The molecule has 0 spiro atoms. The highest BCUT2D eigenvalue weighted by Crippen LogP contribution is 2.27. The van der Waals surface area contributed by atoms with Gasteiger partial charge < -0.3 is 9.30 Å². The Labute approximate surface area is 114 Å². The van der Waals surface area contributed by atoms with Crippen LogP contribution in [-0.2, 0) is 6.54 Å². The van der Waals surface area contributed by atoms with E-state index in [0.717, 1.165) is 12.3 Å². The van der Waals surface area contributed by atoms with Gasteiger partial charge in [-0.15, -0.1) is 0 Å². The number of rotatable bonds is 4. The van der Waals surface area contributed by atoms with E-state index in [4.69, 9.17) is 4.74 Å². The van der Waals surface area contributed by atoms with Gasteiger partial charge in [0.25, 0.3) is 0 Å². The summed E-state index contributed by atoms with van der Waals surface area (Å²) in [7, 11) is 1.71. The second-order valence-electron chi connectivity index (χ2n) is 6.02. The predicted octanol–water partition coefficient (Wildman–Crippen LogP) is 3.13. The van der Waals surface area contributed by atoms with E-state index in [1.165, 1.54) is 30.4 Å². The van der Waals surface area contributed by atoms with Gasteiger partial charge in [-0.25, -0.2) is 0 Å². The maximum atomic E-state index is 5.28. The van der Waals surface area contributed by atoms with Crippen molar-refractivity contribution in [3.8, 4) is 5.75 Å². The van der Waals surface area contributed by atoms with Gasteiger partial charge >= 0.3 is 0 Å². The van der Waals surface area contributed by atoms with Crippen molar-refractivity contribution < 1.29 is 4.74 Å². The minimum Gasteiger partial charge on any atom is -0.497 e. The molecule has 1 aliphatic heterocycles. The number of fused-ring (bicyclic) bond motifs is 1. The number of aromatic nitrogens is 1. The Kier molecular flexibility index (Phi) is 3.02. The second kappa shape index (κ2) is 4.57. The molecule has 0 amide bonds. The summed E-state index contributed by atoms with van der Waals surface area (Å²) < 4.78 is 7.63. The highest BCUT2D eigenvalue weighted by molar-refractivity contribution is 5.81. The fourth-order valence-electron chi connectivity index (χ4n) is 2.88. The lowest BCUT2D eigenvalue weighted by molar-refractivity contribution is 0.0435. The molecule has 0 unspecified atom stereocenters. The molecule has 3 heteroatoms. The number of hydrogen-bond donors (Lipinski definition) is 0. The van der Waals surface area contributed by atoms with Gasteiger partial charge in [0.1, 0.15) is 5.75 Å². The highest BCUT2D eigenvalue weighted by atomic mass is 16.5. The Hall–Kier alpha value is -1.48. The Morgan fingerprint density at radius 3 is 2.63 bits per heavy atom. The van der Waals surface area contributed by atoms with Crippen LogP contribution >= 0.6 is 0 Å². The number of ether oxygens (including phenoxy) is 1. The van der Waals surface area contributed by atoms with Crippen LogP contribution in [0.2, 0.25) is 0 Å². The quantitative estimate of drug-likeness (QED) is 0.838. The average Bonchev–Trinajstić information content (AvgIpc) is 2.68. The molecule has 1 fully saturated rings. The second-order valence-corrected chi connectivity index (χ2v) is 6.02. The molecule has 2 aromatic rings. The van der Waals surface area contributed by atoms with Gasteiger partial charge in [-0.3, -0.25) is 4.90 Å². The number of benzene rings is 1. The molecule has 1 aromatic heterocycles. The van der Waals surface area contributed by atoms with Crippen molar-refractivity contribution in [3.63, 3.8) is 0 Å². The van der Waals surface area contributed by atoms with Crippen LogP contribution in [0, 0.1) is 0 Å². The minimum atomic E-state index is 0.226. The topological polar surface area (TPSA) is 17.4 Å². The third-order valence-corrected chi connectivity index (χ3v) is 4.25. The van der Waals surface area contributed by atoms with Gasteiger partial charge in [0.2, 0.25) is 0 Å². The molecule has 2 heterocycles. The normalized spacial score (nSPS) is 16.6. The van der Waals surface area contributed by atoms with E-state index in [1.54, 1.807) is 7.11 Å². The zero-order valence-electron chi connectivity index (χ0n) is 12.0. The zero-order valence-corrected chi connectivity index (χ0v) is 12.0. The highest BCUT2D eigenvalue weighted by Gasteiger charge is 2.31. The lowest BCUT2D eigenvalue weighted by Gasteiger charge is -2.45. The summed E-state index contributed by atoms with van der Waals surface area (Å²) in [5, 5.41) is 1.25. The smallest absolute Gasteiger partial charge is 0.119 e. The third kappa shape index (κ3) is 2.23. The van der Waals surface area contributed by atoms with E-state index in [9.17, 15) is 0 Å². The van der Waals surface area contributed by atoms with E-state index in [0.29, 0.717) is 0 Å². The molecule has 1 saturated heterocycles. The Bertz CT molecular complexity index is 581. The lowest BCUT2D eigenvalue weighted by atomic mass is 9.98. The first kappa shape index (κ1) is 12.5. The first-order valence-electron chi connectivity index (χ1n) is 6.98. The monoisotopic (exact) mass is 258 g/mol. The van der Waals surface area contributed by atoms with E-state index in [2.05, 4.69) is 47.7 Å². The van der Waals surface area contributed by atoms with Crippen molar-refractivity contribution in [2.75, 3.05) is 20.2 Å². The SMILES string of the molecule is COc1ccc2c(ccn2CC(C)(C)N2CCC2)c1. The number of likely N-dealkylation sites (tertiary alicyclic amines) is 1. The molecule has 0 N–H and O–H groups in total. The molecule has 1 aromatic carbocycles. The Balaban J connectivity index is 1.88. The van der Waals surface area contributed by atoms with Crippen molar-refractivity contribution in [1.82, 2.24) is 9.47 Å². The number of methoxy groups -OCH3 is 1. The minimum absolute atomic E-state index is 0.226. The summed E-state index contributed by atoms with van der Waals surface area (Å²) in [5.41, 5.74) is 1.51. The van der Waals surface area contributed by atoms with Crippen molar-refractivity contribution in [2.24, 2.45) is 0 Å². The van der Waals surface area contributed by atoms with E-state index < -0.39 is 0 Å². The van der Waals surface area contributed by atoms with Gasteiger partial charge in [0.15, 0.2) is 0 Å². The van der Waals surface area contributed by atoms with E-state index in [-0.39, 0.29) is 5.54 Å². The molecule has 0 aliphatic carbocycles. The summed E-state index contributed by atoms with van der Waals surface area (Å²) in [4.78, 5) is 2.56. The van der Waals surface area contributed by atoms with E-state index >= 15 is 0 Å². The molecule has 0 atom stereocenters. The molecule has 3 rings (SSSR count). The van der Waals surface area contributed by atoms with Crippen LogP contribution in [0.4, 0.5) is 0 Å². The van der Waals surface area contributed by atoms with Crippen LogP contribution in [0.25, 0.3) is 10.9 Å². The summed E-state index contributed by atoms with van der Waals surface area (Å²) in [6, 6.07) is 8.46. The largest absolute Gasteiger partial charge is 0.497 e. The van der Waals surface area contributed by atoms with Crippen LogP contribution in [-0.4, -0.2) is 35.2 Å². The molecule has 0 saturated carbocycles. The van der Waals surface area contributed by atoms with Crippen molar-refractivity contribution in [2.45, 2.75) is 32.4 Å². The lowest BCUT2D eigenvalue weighted by Crippen LogP contribution is -2.53. The van der Waals surface area contributed by atoms with Crippen molar-refractivity contribution >= 4 is 10.9 Å². The van der Waals surface area contributed by atoms with Gasteiger partial charge in [0.05, 0.1) is 7.11 Å². The zero-order chi connectivity index (χ0) is 13.5. The van der Waals surface area contributed by atoms with Gasteiger partial charge in [-0.05, 0) is 57.6 Å². The first-order chi connectivity index (χ1) is 9.10. The molecule has 102 valence electrons. The van der Waals surface area contributed by atoms with E-state index in [1.807, 2.05) is 6.07 Å². The maximum Gasteiger partial charge on any atom is 0.119 e. The standard InChI is InChI=1S/C16H22N2O/c1-16(2,18-8-4-9-18)12-17-10-7-13-11-14(19-3)5-6-15(13)17/h5-7,10-11H,4,8-9,12H2,1-3H3. The van der Waals surface area contributed by atoms with Crippen molar-refractivity contribution in [3.05, 3.63) is 30.5 Å². The fraction of sp³-hybridized carbons (Fsp3) is 0.500. The van der Waals surface area contributed by atoms with Gasteiger partial charge in [-0.1, -0.05) is 0 Å². The third-order valence-electron chi connectivity index (χ3n) is 4.25. The van der Waals surface area contributed by atoms with Crippen LogP contribution in [0.5, 0.6) is 5.75 Å². The van der Waals surface area contributed by atoms with Crippen LogP contribution in [0.15, 0.2) is 30.5 Å². The molecule has 19 heavy (non-hydrogen) atoms. The molecule has 3 nitrogen and oxygen atoms in total. The van der Waals surface area contributed by atoms with Crippen LogP contribution < -0.4 is 4.74 Å². The fourth-order valence-corrected chi connectivity index (χ4v) is 2.88. The van der Waals surface area contributed by atoms with Crippen molar-refractivity contribution in [1.29, 1.82) is 0 Å². The number of hydrogen-bond acceptors (Lipinski definition) is 2. The molecule has 0 bridgehead atoms. The molecular weight excluding hydrogens is 236 g/mol. The van der Waals surface area contributed by atoms with Gasteiger partial charge in [-0.2, -0.15) is 0 Å². The predicted molar refractivity (Wildman–Crippen MR) is 78.8 cm³/mol. The molecule has 0 radical (unpaired) electrons.